The highest BCUT2D eigenvalue weighted by atomic mass is 16.3. The Hall–Kier alpha value is -1.02. The molecule has 1 fully saturated rings. The van der Waals surface area contributed by atoms with Gasteiger partial charge in [-0.05, 0) is 48.3 Å². The molecular formula is C15H22O2. The highest BCUT2D eigenvalue weighted by Crippen LogP contribution is 2.43. The molecule has 2 rings (SSSR count). The predicted octanol–water partition coefficient (Wildman–Crippen LogP) is 3.64. The smallest absolute Gasteiger partial charge is 0.115 e. The third-order valence-electron chi connectivity index (χ3n) is 3.90. The van der Waals surface area contributed by atoms with Crippen LogP contribution in [0.2, 0.25) is 0 Å². The summed E-state index contributed by atoms with van der Waals surface area (Å²) in [5.41, 5.74) is 1.17. The number of aliphatic hydroxyl groups is 1. The molecule has 1 aliphatic carbocycles. The van der Waals surface area contributed by atoms with Crippen molar-refractivity contribution in [1.82, 2.24) is 0 Å². The summed E-state index contributed by atoms with van der Waals surface area (Å²) in [5, 5.41) is 19.8. The number of aromatic hydroxyl groups is 1. The molecule has 0 aromatic heterocycles. The summed E-state index contributed by atoms with van der Waals surface area (Å²) in [4.78, 5) is 0. The van der Waals surface area contributed by atoms with Gasteiger partial charge in [-0.3, -0.25) is 0 Å². The first kappa shape index (κ1) is 12.4. The lowest BCUT2D eigenvalue weighted by atomic mass is 9.70. The van der Waals surface area contributed by atoms with Crippen LogP contribution >= 0.6 is 0 Å². The Morgan fingerprint density at radius 3 is 2.76 bits per heavy atom. The second-order valence-corrected chi connectivity index (χ2v) is 6.06. The van der Waals surface area contributed by atoms with E-state index in [9.17, 15) is 10.2 Å². The molecule has 0 saturated heterocycles. The third-order valence-corrected chi connectivity index (χ3v) is 3.90. The third kappa shape index (κ3) is 3.01. The number of aliphatic hydroxyl groups excluding tert-OH is 1. The highest BCUT2D eigenvalue weighted by Gasteiger charge is 2.32. The van der Waals surface area contributed by atoms with Gasteiger partial charge in [-0.2, -0.15) is 0 Å². The van der Waals surface area contributed by atoms with Crippen molar-refractivity contribution in [2.24, 2.45) is 11.3 Å². The molecule has 2 heteroatoms. The van der Waals surface area contributed by atoms with E-state index in [-0.39, 0.29) is 5.75 Å². The zero-order valence-corrected chi connectivity index (χ0v) is 10.7. The van der Waals surface area contributed by atoms with Crippen LogP contribution in [0.15, 0.2) is 24.3 Å². The summed E-state index contributed by atoms with van der Waals surface area (Å²) in [5.74, 6) is 0.553. The van der Waals surface area contributed by atoms with Crippen LogP contribution in [0.4, 0.5) is 0 Å². The summed E-state index contributed by atoms with van der Waals surface area (Å²) in [6.45, 7) is 4.54. The molecule has 1 saturated carbocycles. The van der Waals surface area contributed by atoms with Gasteiger partial charge in [-0.15, -0.1) is 0 Å². The van der Waals surface area contributed by atoms with Gasteiger partial charge in [-0.1, -0.05) is 32.4 Å². The first-order valence-electron chi connectivity index (χ1n) is 6.45. The maximum atomic E-state index is 10.4. The summed E-state index contributed by atoms with van der Waals surface area (Å²) in [7, 11) is 0. The van der Waals surface area contributed by atoms with Crippen molar-refractivity contribution in [2.75, 3.05) is 0 Å². The standard InChI is InChI=1S/C15H22O2/c1-15(2)8-4-6-12(10-15)14(17)11-5-3-7-13(16)9-11/h3,5,7,9,12,14,16-17H,4,6,8,10H2,1-2H3/t12-,14-/m0/s1. The van der Waals surface area contributed by atoms with E-state index in [1.54, 1.807) is 18.2 Å². The minimum Gasteiger partial charge on any atom is -0.508 e. The van der Waals surface area contributed by atoms with Crippen molar-refractivity contribution in [2.45, 2.75) is 45.6 Å². The molecule has 17 heavy (non-hydrogen) atoms. The normalized spacial score (nSPS) is 25.5. The van der Waals surface area contributed by atoms with Crippen LogP contribution in [0.5, 0.6) is 5.75 Å². The molecule has 0 unspecified atom stereocenters. The molecule has 94 valence electrons. The highest BCUT2D eigenvalue weighted by molar-refractivity contribution is 5.29. The fraction of sp³-hybridized carbons (Fsp3) is 0.600. The zero-order chi connectivity index (χ0) is 12.5. The Morgan fingerprint density at radius 1 is 1.35 bits per heavy atom. The number of rotatable bonds is 2. The van der Waals surface area contributed by atoms with Crippen LogP contribution in [-0.4, -0.2) is 10.2 Å². The van der Waals surface area contributed by atoms with E-state index >= 15 is 0 Å². The van der Waals surface area contributed by atoms with E-state index in [4.69, 9.17) is 0 Å². The molecule has 0 amide bonds. The minimum absolute atomic E-state index is 0.233. The molecule has 0 radical (unpaired) electrons. The first-order valence-corrected chi connectivity index (χ1v) is 6.45. The molecule has 0 bridgehead atoms. The molecular weight excluding hydrogens is 212 g/mol. The van der Waals surface area contributed by atoms with Crippen LogP contribution in [0.25, 0.3) is 0 Å². The molecule has 0 aliphatic heterocycles. The molecule has 0 spiro atoms. The van der Waals surface area contributed by atoms with E-state index in [2.05, 4.69) is 13.8 Å². The fourth-order valence-corrected chi connectivity index (χ4v) is 3.01. The van der Waals surface area contributed by atoms with Gasteiger partial charge in [0, 0.05) is 0 Å². The Balaban J connectivity index is 2.12. The largest absolute Gasteiger partial charge is 0.508 e. The molecule has 1 aromatic rings. The van der Waals surface area contributed by atoms with Gasteiger partial charge in [0.1, 0.15) is 5.75 Å². The predicted molar refractivity (Wildman–Crippen MR) is 68.8 cm³/mol. The topological polar surface area (TPSA) is 40.5 Å². The second kappa shape index (κ2) is 4.69. The van der Waals surface area contributed by atoms with Gasteiger partial charge >= 0.3 is 0 Å². The van der Waals surface area contributed by atoms with E-state index in [0.29, 0.717) is 11.3 Å². The number of hydrogen-bond donors (Lipinski definition) is 2. The molecule has 2 N–H and O–H groups in total. The van der Waals surface area contributed by atoms with Crippen molar-refractivity contribution >= 4 is 0 Å². The zero-order valence-electron chi connectivity index (χ0n) is 10.7. The van der Waals surface area contributed by atoms with Crippen molar-refractivity contribution in [1.29, 1.82) is 0 Å². The summed E-state index contributed by atoms with van der Waals surface area (Å²) >= 11 is 0. The van der Waals surface area contributed by atoms with Crippen LogP contribution in [0.1, 0.15) is 51.2 Å². The quantitative estimate of drug-likeness (QED) is 0.820. The number of phenolic OH excluding ortho intramolecular Hbond substituents is 1. The molecule has 2 atom stereocenters. The average Bonchev–Trinajstić information content (AvgIpc) is 2.26. The summed E-state index contributed by atoms with van der Waals surface area (Å²) in [6.07, 6.45) is 4.13. The number of hydrogen-bond acceptors (Lipinski definition) is 2. The monoisotopic (exact) mass is 234 g/mol. The van der Waals surface area contributed by atoms with Crippen LogP contribution in [0.3, 0.4) is 0 Å². The van der Waals surface area contributed by atoms with Crippen LogP contribution < -0.4 is 0 Å². The second-order valence-electron chi connectivity index (χ2n) is 6.06. The molecule has 2 nitrogen and oxygen atoms in total. The maximum Gasteiger partial charge on any atom is 0.115 e. The summed E-state index contributed by atoms with van der Waals surface area (Å²) < 4.78 is 0. The van der Waals surface area contributed by atoms with Gasteiger partial charge < -0.3 is 10.2 Å². The van der Waals surface area contributed by atoms with Crippen LogP contribution in [-0.2, 0) is 0 Å². The van der Waals surface area contributed by atoms with Crippen molar-refractivity contribution in [3.05, 3.63) is 29.8 Å². The average molecular weight is 234 g/mol. The SMILES string of the molecule is CC1(C)CCC[C@H]([C@@H](O)c2cccc(O)c2)C1. The van der Waals surface area contributed by atoms with E-state index < -0.39 is 6.10 Å². The Morgan fingerprint density at radius 2 is 2.12 bits per heavy atom. The lowest BCUT2D eigenvalue weighted by Gasteiger charge is -2.37. The van der Waals surface area contributed by atoms with E-state index in [1.807, 2.05) is 6.07 Å². The van der Waals surface area contributed by atoms with E-state index in [1.165, 1.54) is 12.8 Å². The maximum absolute atomic E-state index is 10.4. The lowest BCUT2D eigenvalue weighted by Crippen LogP contribution is -2.26. The van der Waals surface area contributed by atoms with Gasteiger partial charge in [0.05, 0.1) is 6.10 Å². The minimum atomic E-state index is -0.443. The van der Waals surface area contributed by atoms with Gasteiger partial charge in [0.25, 0.3) is 0 Å². The van der Waals surface area contributed by atoms with Crippen molar-refractivity contribution in [3.63, 3.8) is 0 Å². The number of benzene rings is 1. The van der Waals surface area contributed by atoms with Gasteiger partial charge in [0.15, 0.2) is 0 Å². The van der Waals surface area contributed by atoms with Gasteiger partial charge in [0.2, 0.25) is 0 Å². The fourth-order valence-electron chi connectivity index (χ4n) is 3.01. The van der Waals surface area contributed by atoms with Gasteiger partial charge in [-0.25, -0.2) is 0 Å². The molecule has 1 aromatic carbocycles. The molecule has 0 heterocycles. The first-order chi connectivity index (χ1) is 7.98. The Bertz CT molecular complexity index is 384. The van der Waals surface area contributed by atoms with Crippen molar-refractivity contribution in [3.8, 4) is 5.75 Å². The lowest BCUT2D eigenvalue weighted by molar-refractivity contribution is 0.0459. The van der Waals surface area contributed by atoms with Crippen molar-refractivity contribution < 1.29 is 10.2 Å². The Labute approximate surface area is 103 Å². The number of phenols is 1. The summed E-state index contributed by atoms with van der Waals surface area (Å²) in [6, 6.07) is 7.00. The Kier molecular flexibility index (Phi) is 3.43. The van der Waals surface area contributed by atoms with Crippen LogP contribution in [0, 0.1) is 11.3 Å². The molecule has 1 aliphatic rings. The van der Waals surface area contributed by atoms with E-state index in [0.717, 1.165) is 18.4 Å².